The quantitative estimate of drug-likeness (QED) is 0.902. The predicted octanol–water partition coefficient (Wildman–Crippen LogP) is 2.67. The number of thioether (sulfide) groups is 1. The van der Waals surface area contributed by atoms with Crippen LogP contribution in [0.15, 0.2) is 52.3 Å². The summed E-state index contributed by atoms with van der Waals surface area (Å²) >= 11 is 1.34. The second-order valence-corrected chi connectivity index (χ2v) is 7.28. The zero-order valence-electron chi connectivity index (χ0n) is 11.2. The number of fused-ring (bicyclic) bond motifs is 1. The van der Waals surface area contributed by atoms with Gasteiger partial charge in [-0.1, -0.05) is 12.1 Å². The highest BCUT2D eigenvalue weighted by Crippen LogP contribution is 2.33. The van der Waals surface area contributed by atoms with Crippen molar-refractivity contribution in [1.82, 2.24) is 0 Å². The maximum atomic E-state index is 13.6. The van der Waals surface area contributed by atoms with Gasteiger partial charge < -0.3 is 5.32 Å². The first-order valence-electron chi connectivity index (χ1n) is 6.30. The molecule has 2 aromatic carbocycles. The van der Waals surface area contributed by atoms with E-state index in [0.717, 1.165) is 4.90 Å². The van der Waals surface area contributed by atoms with Gasteiger partial charge in [-0.2, -0.15) is 0 Å². The maximum absolute atomic E-state index is 13.6. The Hall–Kier alpha value is -2.06. The van der Waals surface area contributed by atoms with E-state index in [4.69, 9.17) is 0 Å². The molecule has 1 heterocycles. The van der Waals surface area contributed by atoms with Crippen LogP contribution in [0.3, 0.4) is 0 Å². The van der Waals surface area contributed by atoms with E-state index in [1.54, 1.807) is 6.07 Å². The number of sulfonamides is 1. The molecule has 0 fully saturated rings. The van der Waals surface area contributed by atoms with Crippen molar-refractivity contribution in [1.29, 1.82) is 0 Å². The summed E-state index contributed by atoms with van der Waals surface area (Å²) in [7, 11) is -3.94. The Morgan fingerprint density at radius 1 is 1.18 bits per heavy atom. The van der Waals surface area contributed by atoms with Crippen LogP contribution in [0.1, 0.15) is 0 Å². The highest BCUT2D eigenvalue weighted by atomic mass is 32.2. The summed E-state index contributed by atoms with van der Waals surface area (Å²) in [6.45, 7) is 0. The van der Waals surface area contributed by atoms with E-state index >= 15 is 0 Å². The summed E-state index contributed by atoms with van der Waals surface area (Å²) in [6.07, 6.45) is 0. The first-order chi connectivity index (χ1) is 10.5. The van der Waals surface area contributed by atoms with Crippen LogP contribution in [0.2, 0.25) is 0 Å². The highest BCUT2D eigenvalue weighted by molar-refractivity contribution is 8.00. The average Bonchev–Trinajstić information content (AvgIpc) is 2.48. The fourth-order valence-corrected chi connectivity index (χ4v) is 3.86. The van der Waals surface area contributed by atoms with Crippen molar-refractivity contribution in [3.05, 3.63) is 48.3 Å². The molecule has 0 bridgehead atoms. The zero-order chi connectivity index (χ0) is 15.7. The van der Waals surface area contributed by atoms with Crippen molar-refractivity contribution in [2.45, 2.75) is 9.79 Å². The molecule has 1 amide bonds. The molecule has 1 aliphatic rings. The molecule has 0 aliphatic carbocycles. The minimum absolute atomic E-state index is 0.0442. The van der Waals surface area contributed by atoms with Crippen molar-refractivity contribution in [3.8, 4) is 0 Å². The van der Waals surface area contributed by atoms with E-state index in [1.165, 1.54) is 48.2 Å². The summed E-state index contributed by atoms with van der Waals surface area (Å²) < 4.78 is 40.4. The average molecular weight is 338 g/mol. The largest absolute Gasteiger partial charge is 0.324 e. The van der Waals surface area contributed by atoms with Gasteiger partial charge in [0, 0.05) is 4.90 Å². The molecule has 1 aliphatic heterocycles. The molecular formula is C14H11FN2O3S2. The monoisotopic (exact) mass is 338 g/mol. The molecule has 114 valence electrons. The summed E-state index contributed by atoms with van der Waals surface area (Å²) in [5, 5.41) is 2.62. The zero-order valence-corrected chi connectivity index (χ0v) is 12.8. The summed E-state index contributed by atoms with van der Waals surface area (Å²) in [5.74, 6) is -0.547. The number of benzene rings is 2. The minimum Gasteiger partial charge on any atom is -0.324 e. The topological polar surface area (TPSA) is 75.3 Å². The number of nitrogens with one attached hydrogen (secondary N) is 2. The van der Waals surface area contributed by atoms with E-state index in [9.17, 15) is 17.6 Å². The lowest BCUT2D eigenvalue weighted by Gasteiger charge is -2.17. The van der Waals surface area contributed by atoms with Gasteiger partial charge in [-0.15, -0.1) is 11.8 Å². The normalized spacial score (nSPS) is 14.1. The van der Waals surface area contributed by atoms with Gasteiger partial charge in [-0.05, 0) is 30.3 Å². The lowest BCUT2D eigenvalue weighted by molar-refractivity contribution is -0.113. The smallest absolute Gasteiger partial charge is 0.262 e. The summed E-state index contributed by atoms with van der Waals surface area (Å²) in [4.78, 5) is 12.1. The molecular weight excluding hydrogens is 327 g/mol. The number of para-hydroxylation sites is 1. The van der Waals surface area contributed by atoms with E-state index in [0.29, 0.717) is 11.4 Å². The van der Waals surface area contributed by atoms with Gasteiger partial charge in [0.15, 0.2) is 0 Å². The number of anilines is 2. The van der Waals surface area contributed by atoms with Crippen LogP contribution in [0, 0.1) is 5.82 Å². The van der Waals surface area contributed by atoms with Crippen LogP contribution in [0.25, 0.3) is 0 Å². The lowest BCUT2D eigenvalue weighted by atomic mass is 10.3. The van der Waals surface area contributed by atoms with Crippen molar-refractivity contribution in [2.75, 3.05) is 15.8 Å². The van der Waals surface area contributed by atoms with Crippen LogP contribution in [0.4, 0.5) is 15.8 Å². The lowest BCUT2D eigenvalue weighted by Crippen LogP contribution is -2.20. The maximum Gasteiger partial charge on any atom is 0.262 e. The molecule has 5 nitrogen and oxygen atoms in total. The van der Waals surface area contributed by atoms with Gasteiger partial charge in [-0.25, -0.2) is 12.8 Å². The van der Waals surface area contributed by atoms with E-state index in [1.807, 2.05) is 0 Å². The molecule has 0 saturated heterocycles. The molecule has 0 unspecified atom stereocenters. The highest BCUT2D eigenvalue weighted by Gasteiger charge is 2.21. The Bertz CT molecular complexity index is 853. The van der Waals surface area contributed by atoms with Crippen molar-refractivity contribution in [2.24, 2.45) is 0 Å². The third-order valence-electron chi connectivity index (χ3n) is 3.01. The Balaban J connectivity index is 1.94. The van der Waals surface area contributed by atoms with Gasteiger partial charge in [0.2, 0.25) is 5.91 Å². The molecule has 0 spiro atoms. The number of carbonyl (C=O) groups excluding carboxylic acids is 1. The van der Waals surface area contributed by atoms with Crippen molar-refractivity contribution in [3.63, 3.8) is 0 Å². The van der Waals surface area contributed by atoms with Gasteiger partial charge in [0.25, 0.3) is 10.0 Å². The summed E-state index contributed by atoms with van der Waals surface area (Å²) in [6, 6.07) is 9.92. The number of hydrogen-bond acceptors (Lipinski definition) is 4. The van der Waals surface area contributed by atoms with Gasteiger partial charge >= 0.3 is 0 Å². The molecule has 0 radical (unpaired) electrons. The van der Waals surface area contributed by atoms with E-state index in [2.05, 4.69) is 10.0 Å². The fraction of sp³-hybridized carbons (Fsp3) is 0.0714. The Morgan fingerprint density at radius 3 is 2.73 bits per heavy atom. The van der Waals surface area contributed by atoms with Crippen molar-refractivity contribution < 1.29 is 17.6 Å². The van der Waals surface area contributed by atoms with Crippen LogP contribution in [-0.4, -0.2) is 20.1 Å². The van der Waals surface area contributed by atoms with Crippen LogP contribution < -0.4 is 10.0 Å². The first kappa shape index (κ1) is 14.9. The Labute approximate surface area is 131 Å². The van der Waals surface area contributed by atoms with Crippen LogP contribution in [0.5, 0.6) is 0 Å². The minimum atomic E-state index is -3.94. The molecule has 8 heteroatoms. The number of carbonyl (C=O) groups is 1. The van der Waals surface area contributed by atoms with Gasteiger partial charge in [0.1, 0.15) is 5.82 Å². The Kier molecular flexibility index (Phi) is 3.79. The number of rotatable bonds is 3. The SMILES string of the molecule is O=C1CSc2ccc(S(=O)(=O)Nc3ccccc3F)cc2N1. The number of amides is 1. The fourth-order valence-electron chi connectivity index (χ4n) is 1.98. The second-order valence-electron chi connectivity index (χ2n) is 4.58. The molecule has 22 heavy (non-hydrogen) atoms. The van der Waals surface area contributed by atoms with Gasteiger partial charge in [-0.3, -0.25) is 9.52 Å². The summed E-state index contributed by atoms with van der Waals surface area (Å²) in [5.41, 5.74) is 0.316. The number of hydrogen-bond donors (Lipinski definition) is 2. The van der Waals surface area contributed by atoms with E-state index in [-0.39, 0.29) is 16.5 Å². The van der Waals surface area contributed by atoms with Gasteiger partial charge in [0.05, 0.1) is 22.0 Å². The predicted molar refractivity (Wildman–Crippen MR) is 83.0 cm³/mol. The molecule has 0 aromatic heterocycles. The second kappa shape index (κ2) is 5.62. The third-order valence-corrected chi connectivity index (χ3v) is 5.45. The van der Waals surface area contributed by atoms with Crippen molar-refractivity contribution >= 4 is 39.1 Å². The molecule has 2 aromatic rings. The van der Waals surface area contributed by atoms with E-state index < -0.39 is 15.8 Å². The van der Waals surface area contributed by atoms with Crippen LogP contribution >= 0.6 is 11.8 Å². The molecule has 0 atom stereocenters. The Morgan fingerprint density at radius 2 is 1.95 bits per heavy atom. The third kappa shape index (κ3) is 2.93. The number of halogens is 1. The molecule has 0 saturated carbocycles. The first-order valence-corrected chi connectivity index (χ1v) is 8.77. The molecule has 2 N–H and O–H groups in total. The standard InChI is InChI=1S/C14H11FN2O3S2/c15-10-3-1-2-4-11(10)17-22(19,20)9-5-6-13-12(7-9)16-14(18)8-21-13/h1-7,17H,8H2,(H,16,18). The van der Waals surface area contributed by atoms with Crippen LogP contribution in [-0.2, 0) is 14.8 Å². The molecule has 3 rings (SSSR count).